The summed E-state index contributed by atoms with van der Waals surface area (Å²) >= 11 is 11.3. The van der Waals surface area contributed by atoms with E-state index in [1.165, 1.54) is 88.0 Å². The Morgan fingerprint density at radius 3 is 0.780 bits per heavy atom. The van der Waals surface area contributed by atoms with Crippen LogP contribution in [0.4, 0.5) is 4.39 Å². The average molecular weight is 1290 g/mol. The highest BCUT2D eigenvalue weighted by molar-refractivity contribution is 14.1. The SMILES string of the molecule is COc1ccc(C)cc1.COc1cccc(C)c1.Cc1ccc(C)cc1.Cc1ccc(C)cc1.Cc1ccc(C)cc1.Cc1ccc(C)cc1.Cc1cccc(Br)c1.Cc1cccc(Cl)c1.Cc1cccc(F)c1.Cc1cccc(I)c1. The van der Waals surface area contributed by atoms with Crippen molar-refractivity contribution >= 4 is 50.1 Å². The predicted octanol–water partition coefficient (Wildman–Crippen LogP) is 23.4. The second-order valence-corrected chi connectivity index (χ2v) is 22.5. The fourth-order valence-electron chi connectivity index (χ4n) is 6.39. The van der Waals surface area contributed by atoms with E-state index in [-0.39, 0.29) is 5.82 Å². The molecule has 0 radical (unpaired) electrons. The Morgan fingerprint density at radius 1 is 0.293 bits per heavy atom. The molecule has 0 amide bonds. The molecule has 2 nitrogen and oxygen atoms in total. The third-order valence-electron chi connectivity index (χ3n) is 11.3. The van der Waals surface area contributed by atoms with Gasteiger partial charge in [-0.05, 0) is 209 Å². The van der Waals surface area contributed by atoms with Crippen LogP contribution in [0.1, 0.15) is 77.9 Å². The lowest BCUT2D eigenvalue weighted by atomic mass is 10.2. The molecule has 0 atom stereocenters. The van der Waals surface area contributed by atoms with Crippen molar-refractivity contribution in [1.82, 2.24) is 0 Å². The fourth-order valence-corrected chi connectivity index (χ4v) is 7.84. The Morgan fingerprint density at radius 2 is 0.573 bits per heavy atom. The second kappa shape index (κ2) is 43.9. The van der Waals surface area contributed by atoms with Crippen molar-refractivity contribution in [1.29, 1.82) is 0 Å². The average Bonchev–Trinajstić information content (AvgIpc) is 3.44. The van der Waals surface area contributed by atoms with E-state index >= 15 is 0 Å². The molecule has 0 spiro atoms. The Bertz CT molecular complexity index is 2710. The van der Waals surface area contributed by atoms with Gasteiger partial charge in [0.05, 0.1) is 14.2 Å². The Kier molecular flexibility index (Phi) is 39.2. The summed E-state index contributed by atoms with van der Waals surface area (Å²) in [7, 11) is 3.35. The maximum atomic E-state index is 12.2. The quantitative estimate of drug-likeness (QED) is 0.161. The topological polar surface area (TPSA) is 18.5 Å². The zero-order chi connectivity index (χ0) is 61.2. The van der Waals surface area contributed by atoms with Gasteiger partial charge in [-0.3, -0.25) is 0 Å². The molecule has 0 aromatic heterocycles. The molecule has 0 unspecified atom stereocenters. The summed E-state index contributed by atoms with van der Waals surface area (Å²) in [5.74, 6) is 1.68. The Balaban J connectivity index is 0.000000456. The minimum absolute atomic E-state index is 0.162. The van der Waals surface area contributed by atoms with Crippen LogP contribution < -0.4 is 9.47 Å². The molecule has 0 saturated carbocycles. The molecule has 0 fully saturated rings. The third-order valence-corrected chi connectivity index (χ3v) is 12.7. The van der Waals surface area contributed by atoms with Gasteiger partial charge in [0.1, 0.15) is 17.3 Å². The molecule has 0 N–H and O–H groups in total. The highest BCUT2D eigenvalue weighted by Crippen LogP contribution is 2.13. The molecular weight excluding hydrogens is 1210 g/mol. The normalized spacial score (nSPS) is 9.22. The first-order valence-corrected chi connectivity index (χ1v) is 29.4. The van der Waals surface area contributed by atoms with Gasteiger partial charge < -0.3 is 9.47 Å². The number of rotatable bonds is 2. The van der Waals surface area contributed by atoms with Gasteiger partial charge in [-0.25, -0.2) is 4.39 Å². The zero-order valence-corrected chi connectivity index (χ0v) is 55.9. The van der Waals surface area contributed by atoms with Gasteiger partial charge in [0.15, 0.2) is 0 Å². The highest BCUT2D eigenvalue weighted by atomic mass is 127. The van der Waals surface area contributed by atoms with Crippen LogP contribution in [0.25, 0.3) is 0 Å². The highest BCUT2D eigenvalue weighted by Gasteiger charge is 1.90. The summed E-state index contributed by atoms with van der Waals surface area (Å²) in [5.41, 5.74) is 17.9. The number of ether oxygens (including phenoxy) is 2. The van der Waals surface area contributed by atoms with E-state index in [1.54, 1.807) is 20.3 Å². The summed E-state index contributed by atoms with van der Waals surface area (Å²) < 4.78 is 24.6. The van der Waals surface area contributed by atoms with Crippen LogP contribution in [0, 0.1) is 106 Å². The lowest BCUT2D eigenvalue weighted by Crippen LogP contribution is -1.81. The minimum Gasteiger partial charge on any atom is -0.497 e. The molecule has 0 aliphatic carbocycles. The van der Waals surface area contributed by atoms with Crippen LogP contribution in [0.3, 0.4) is 0 Å². The maximum Gasteiger partial charge on any atom is 0.123 e. The van der Waals surface area contributed by atoms with Crippen LogP contribution in [-0.4, -0.2) is 14.2 Å². The number of benzene rings is 10. The number of methoxy groups -OCH3 is 2. The van der Waals surface area contributed by atoms with E-state index < -0.39 is 0 Å². The first-order valence-electron chi connectivity index (χ1n) is 27.2. The van der Waals surface area contributed by atoms with Gasteiger partial charge in [-0.15, -0.1) is 0 Å². The van der Waals surface area contributed by atoms with Crippen molar-refractivity contribution in [2.24, 2.45) is 0 Å². The molecule has 6 heteroatoms. The largest absolute Gasteiger partial charge is 0.497 e. The van der Waals surface area contributed by atoms with E-state index in [0.29, 0.717) is 0 Å². The molecule has 0 aliphatic heterocycles. The number of hydrogen-bond acceptors (Lipinski definition) is 2. The van der Waals surface area contributed by atoms with E-state index in [4.69, 9.17) is 21.1 Å². The van der Waals surface area contributed by atoms with Crippen molar-refractivity contribution in [2.75, 3.05) is 14.2 Å². The number of hydrogen-bond donors (Lipinski definition) is 0. The molecule has 0 aliphatic rings. The van der Waals surface area contributed by atoms with Crippen LogP contribution in [0.2, 0.25) is 5.02 Å². The summed E-state index contributed by atoms with van der Waals surface area (Å²) in [6.07, 6.45) is 0. The molecule has 10 aromatic rings. The van der Waals surface area contributed by atoms with Gasteiger partial charge in [-0.2, -0.15) is 0 Å². The zero-order valence-electron chi connectivity index (χ0n) is 51.4. The molecule has 0 bridgehead atoms. The van der Waals surface area contributed by atoms with Crippen LogP contribution in [-0.2, 0) is 0 Å². The summed E-state index contributed by atoms with van der Waals surface area (Å²) in [6, 6.07) is 80.7. The van der Waals surface area contributed by atoms with Crippen molar-refractivity contribution in [3.05, 3.63) is 339 Å². The third kappa shape index (κ3) is 40.4. The van der Waals surface area contributed by atoms with E-state index in [9.17, 15) is 4.39 Å². The predicted molar refractivity (Wildman–Crippen MR) is 369 cm³/mol. The van der Waals surface area contributed by atoms with E-state index in [0.717, 1.165) is 26.6 Å². The lowest BCUT2D eigenvalue weighted by Gasteiger charge is -1.97. The van der Waals surface area contributed by atoms with Gasteiger partial charge >= 0.3 is 0 Å². The van der Waals surface area contributed by atoms with Gasteiger partial charge in [0.25, 0.3) is 0 Å². The lowest BCUT2D eigenvalue weighted by molar-refractivity contribution is 0.414. The van der Waals surface area contributed by atoms with Gasteiger partial charge in [0, 0.05) is 13.1 Å². The van der Waals surface area contributed by atoms with E-state index in [2.05, 4.69) is 248 Å². The Labute approximate surface area is 522 Å². The molecule has 0 saturated heterocycles. The molecular formula is C76H88BrClFIO2. The van der Waals surface area contributed by atoms with E-state index in [1.807, 2.05) is 112 Å². The van der Waals surface area contributed by atoms with Crippen molar-refractivity contribution in [2.45, 2.75) is 96.9 Å². The molecule has 10 rings (SSSR count). The van der Waals surface area contributed by atoms with Crippen molar-refractivity contribution in [3.8, 4) is 11.5 Å². The molecule has 82 heavy (non-hydrogen) atoms. The van der Waals surface area contributed by atoms with Crippen LogP contribution in [0.5, 0.6) is 11.5 Å². The second-order valence-electron chi connectivity index (χ2n) is 19.9. The molecule has 10 aromatic carbocycles. The minimum atomic E-state index is -0.162. The van der Waals surface area contributed by atoms with Crippen molar-refractivity contribution in [3.63, 3.8) is 0 Å². The number of halogens is 4. The summed E-state index contributed by atoms with van der Waals surface area (Å²) in [4.78, 5) is 0. The van der Waals surface area contributed by atoms with Gasteiger partial charge in [-0.1, -0.05) is 259 Å². The smallest absolute Gasteiger partial charge is 0.123 e. The number of aryl methyl sites for hydroxylation is 14. The summed E-state index contributed by atoms with van der Waals surface area (Å²) in [5, 5.41) is 0.810. The monoisotopic (exact) mass is 1290 g/mol. The fraction of sp³-hybridized carbons (Fsp3) is 0.211. The maximum absolute atomic E-state index is 12.2. The van der Waals surface area contributed by atoms with Crippen LogP contribution in [0.15, 0.2) is 247 Å². The molecule has 0 heterocycles. The Hall–Kier alpha value is -6.77. The first-order chi connectivity index (χ1) is 39.0. The standard InChI is InChI=1S/2C8H10O.4C8H10.C7H7Br.C7H7Cl.C7H7F.C7H7I/c1-7-3-5-8(9-2)6-4-7;1-7-4-3-5-8(6-7)9-2;4*1-7-3-5-8(2)6-4-7;4*1-6-3-2-4-7(8)5-6/h2*3-6H,1-2H3;4*3-6H,1-2H3;4*2-5H,1H3. The first kappa shape index (κ1) is 73.2. The van der Waals surface area contributed by atoms with Crippen LogP contribution >= 0.6 is 50.1 Å². The van der Waals surface area contributed by atoms with Gasteiger partial charge in [0.2, 0.25) is 0 Å². The summed E-state index contributed by atoms with van der Waals surface area (Å²) in [6.45, 7) is 28.9. The molecule has 432 valence electrons. The van der Waals surface area contributed by atoms with Crippen molar-refractivity contribution < 1.29 is 13.9 Å².